The molecule has 1 unspecified atom stereocenters. The van der Waals surface area contributed by atoms with Crippen LogP contribution in [0.5, 0.6) is 0 Å². The fourth-order valence-electron chi connectivity index (χ4n) is 3.84. The summed E-state index contributed by atoms with van der Waals surface area (Å²) in [5.41, 5.74) is 5.94. The average Bonchev–Trinajstić information content (AvgIpc) is 2.54. The van der Waals surface area contributed by atoms with E-state index >= 15 is 0 Å². The molecule has 3 nitrogen and oxygen atoms in total. The van der Waals surface area contributed by atoms with Gasteiger partial charge >= 0.3 is 0 Å². The number of piperidine rings is 1. The Morgan fingerprint density at radius 2 is 1.72 bits per heavy atom. The van der Waals surface area contributed by atoms with Crippen molar-refractivity contribution in [2.24, 2.45) is 11.1 Å². The minimum atomic E-state index is -0.487. The number of hydrogen-bond donors (Lipinski definition) is 2. The lowest BCUT2D eigenvalue weighted by Crippen LogP contribution is -2.51. The van der Waals surface area contributed by atoms with Gasteiger partial charge in [-0.05, 0) is 51.1 Å². The molecule has 3 heteroatoms. The Kier molecular flexibility index (Phi) is 4.68. The van der Waals surface area contributed by atoms with E-state index in [0.717, 1.165) is 39.0 Å². The van der Waals surface area contributed by atoms with Crippen molar-refractivity contribution >= 4 is 0 Å². The van der Waals surface area contributed by atoms with Crippen molar-refractivity contribution in [3.8, 4) is 0 Å². The van der Waals surface area contributed by atoms with Gasteiger partial charge < -0.3 is 10.8 Å². The van der Waals surface area contributed by atoms with Crippen LogP contribution in [-0.2, 0) is 0 Å². The van der Waals surface area contributed by atoms with Crippen LogP contribution < -0.4 is 5.73 Å². The van der Waals surface area contributed by atoms with Crippen molar-refractivity contribution in [2.45, 2.75) is 63.9 Å². The zero-order valence-electron chi connectivity index (χ0n) is 12.0. The van der Waals surface area contributed by atoms with E-state index in [4.69, 9.17) is 5.73 Å². The van der Waals surface area contributed by atoms with E-state index in [1.165, 1.54) is 38.5 Å². The van der Waals surface area contributed by atoms with Crippen LogP contribution in [0.25, 0.3) is 0 Å². The van der Waals surface area contributed by atoms with Crippen LogP contribution in [0.1, 0.15) is 58.3 Å². The Balaban J connectivity index is 1.96. The van der Waals surface area contributed by atoms with E-state index < -0.39 is 5.60 Å². The van der Waals surface area contributed by atoms with E-state index in [1.807, 2.05) is 6.92 Å². The molecule has 2 rings (SSSR count). The second kappa shape index (κ2) is 5.89. The number of nitrogens with zero attached hydrogens (tertiary/aromatic N) is 1. The highest BCUT2D eigenvalue weighted by molar-refractivity contribution is 4.90. The third-order valence-electron chi connectivity index (χ3n) is 4.91. The second-order valence-electron chi connectivity index (χ2n) is 6.93. The Morgan fingerprint density at radius 3 is 2.28 bits per heavy atom. The van der Waals surface area contributed by atoms with Gasteiger partial charge in [0, 0.05) is 13.1 Å². The molecule has 1 atom stereocenters. The van der Waals surface area contributed by atoms with Gasteiger partial charge in [0.2, 0.25) is 0 Å². The van der Waals surface area contributed by atoms with E-state index in [2.05, 4.69) is 4.90 Å². The Bertz CT molecular complexity index is 257. The highest BCUT2D eigenvalue weighted by Gasteiger charge is 2.35. The van der Waals surface area contributed by atoms with Crippen LogP contribution in [0.2, 0.25) is 0 Å². The van der Waals surface area contributed by atoms with Crippen LogP contribution in [0.15, 0.2) is 0 Å². The quantitative estimate of drug-likeness (QED) is 0.759. The minimum absolute atomic E-state index is 0.323. The highest BCUT2D eigenvalue weighted by Crippen LogP contribution is 2.36. The number of nitrogens with two attached hydrogens (primary N) is 1. The van der Waals surface area contributed by atoms with Crippen molar-refractivity contribution < 1.29 is 5.11 Å². The van der Waals surface area contributed by atoms with Gasteiger partial charge in [-0.25, -0.2) is 0 Å². The zero-order chi connectivity index (χ0) is 13.1. The average molecular weight is 254 g/mol. The molecule has 1 saturated heterocycles. The van der Waals surface area contributed by atoms with Gasteiger partial charge in [0.05, 0.1) is 5.60 Å². The fraction of sp³-hybridized carbons (Fsp3) is 1.00. The molecule has 0 amide bonds. The molecule has 1 aliphatic carbocycles. The van der Waals surface area contributed by atoms with Crippen LogP contribution in [0.3, 0.4) is 0 Å². The third-order valence-corrected chi connectivity index (χ3v) is 4.91. The molecule has 3 N–H and O–H groups in total. The first-order valence-corrected chi connectivity index (χ1v) is 7.70. The predicted molar refractivity (Wildman–Crippen MR) is 75.5 cm³/mol. The van der Waals surface area contributed by atoms with Crippen molar-refractivity contribution in [1.29, 1.82) is 0 Å². The summed E-state index contributed by atoms with van der Waals surface area (Å²) in [4.78, 5) is 2.46. The predicted octanol–water partition coefficient (Wildman–Crippen LogP) is 2.13. The number of likely N-dealkylation sites (tertiary alicyclic amines) is 1. The molecular weight excluding hydrogens is 224 g/mol. The lowest BCUT2D eigenvalue weighted by Gasteiger charge is -2.43. The number of aliphatic hydroxyl groups is 1. The summed E-state index contributed by atoms with van der Waals surface area (Å²) in [6, 6.07) is 0. The summed E-state index contributed by atoms with van der Waals surface area (Å²) in [5, 5.41) is 10.2. The van der Waals surface area contributed by atoms with Crippen LogP contribution in [-0.4, -0.2) is 41.8 Å². The smallest absolute Gasteiger partial charge is 0.0746 e. The summed E-state index contributed by atoms with van der Waals surface area (Å²) in [7, 11) is 0. The van der Waals surface area contributed by atoms with Crippen molar-refractivity contribution in [2.75, 3.05) is 26.2 Å². The summed E-state index contributed by atoms with van der Waals surface area (Å²) in [6.45, 7) is 5.85. The van der Waals surface area contributed by atoms with Crippen LogP contribution in [0.4, 0.5) is 0 Å². The van der Waals surface area contributed by atoms with Crippen molar-refractivity contribution in [3.63, 3.8) is 0 Å². The summed E-state index contributed by atoms with van der Waals surface area (Å²) in [6.07, 6.45) is 10.0. The highest BCUT2D eigenvalue weighted by atomic mass is 16.3. The molecule has 0 aromatic carbocycles. The largest absolute Gasteiger partial charge is 0.389 e. The van der Waals surface area contributed by atoms with Gasteiger partial charge in [0.15, 0.2) is 0 Å². The molecule has 0 aromatic rings. The van der Waals surface area contributed by atoms with E-state index in [1.54, 1.807) is 0 Å². The topological polar surface area (TPSA) is 49.5 Å². The summed E-state index contributed by atoms with van der Waals surface area (Å²) < 4.78 is 0. The molecule has 1 heterocycles. The second-order valence-corrected chi connectivity index (χ2v) is 6.93. The summed E-state index contributed by atoms with van der Waals surface area (Å²) >= 11 is 0. The molecule has 2 fully saturated rings. The van der Waals surface area contributed by atoms with Gasteiger partial charge in [-0.1, -0.05) is 25.7 Å². The van der Waals surface area contributed by atoms with Gasteiger partial charge in [0.1, 0.15) is 0 Å². The van der Waals surface area contributed by atoms with Gasteiger partial charge in [0.25, 0.3) is 0 Å². The Hall–Kier alpha value is -0.120. The van der Waals surface area contributed by atoms with E-state index in [-0.39, 0.29) is 0 Å². The molecular formula is C15H30N2O. The standard InChI is InChI=1S/C15H30N2O/c1-14(18)7-6-10-17(12-14)13-15(11-16)8-4-2-3-5-9-15/h18H,2-13,16H2,1H3. The summed E-state index contributed by atoms with van der Waals surface area (Å²) in [5.74, 6) is 0. The molecule has 0 spiro atoms. The zero-order valence-corrected chi connectivity index (χ0v) is 12.0. The van der Waals surface area contributed by atoms with Gasteiger partial charge in [-0.3, -0.25) is 4.90 Å². The maximum Gasteiger partial charge on any atom is 0.0746 e. The van der Waals surface area contributed by atoms with E-state index in [0.29, 0.717) is 5.41 Å². The first kappa shape index (κ1) is 14.3. The molecule has 18 heavy (non-hydrogen) atoms. The van der Waals surface area contributed by atoms with Gasteiger partial charge in [-0.2, -0.15) is 0 Å². The fourth-order valence-corrected chi connectivity index (χ4v) is 3.84. The third kappa shape index (κ3) is 3.69. The number of rotatable bonds is 3. The molecule has 1 aliphatic heterocycles. The van der Waals surface area contributed by atoms with Gasteiger partial charge in [-0.15, -0.1) is 0 Å². The lowest BCUT2D eigenvalue weighted by molar-refractivity contribution is -0.0295. The molecule has 0 bridgehead atoms. The van der Waals surface area contributed by atoms with Crippen LogP contribution in [0, 0.1) is 5.41 Å². The Morgan fingerprint density at radius 1 is 1.06 bits per heavy atom. The lowest BCUT2D eigenvalue weighted by atomic mass is 9.79. The molecule has 2 aliphatic rings. The Labute approximate surface area is 112 Å². The van der Waals surface area contributed by atoms with Crippen molar-refractivity contribution in [3.05, 3.63) is 0 Å². The monoisotopic (exact) mass is 254 g/mol. The first-order chi connectivity index (χ1) is 8.55. The maximum absolute atomic E-state index is 10.2. The first-order valence-electron chi connectivity index (χ1n) is 7.70. The number of hydrogen-bond acceptors (Lipinski definition) is 3. The SMILES string of the molecule is CC1(O)CCCN(CC2(CN)CCCCCC2)C1. The van der Waals surface area contributed by atoms with Crippen molar-refractivity contribution in [1.82, 2.24) is 4.90 Å². The maximum atomic E-state index is 10.2. The molecule has 1 saturated carbocycles. The van der Waals surface area contributed by atoms with E-state index in [9.17, 15) is 5.11 Å². The van der Waals surface area contributed by atoms with Crippen LogP contribution >= 0.6 is 0 Å². The number of β-amino-alcohol motifs (C(OH)–C–C–N with tert-alkyl or cyclic N) is 1. The minimum Gasteiger partial charge on any atom is -0.389 e. The molecule has 0 radical (unpaired) electrons. The molecule has 106 valence electrons. The normalized spacial score (nSPS) is 34.2. The molecule has 0 aromatic heterocycles.